The Bertz CT molecular complexity index is 817. The van der Waals surface area contributed by atoms with Gasteiger partial charge in [0.25, 0.3) is 0 Å². The topological polar surface area (TPSA) is 120 Å². The van der Waals surface area contributed by atoms with Crippen molar-refractivity contribution in [1.82, 2.24) is 15.1 Å². The molecule has 0 bridgehead atoms. The molecular formula is C19H30N4O6. The minimum atomic E-state index is -0.382. The Hall–Kier alpha value is -2.69. The second-order valence-corrected chi connectivity index (χ2v) is 6.63. The first kappa shape index (κ1) is 22.6. The SMILES string of the molecule is CNC(=O)Nc1c(OCCN2CCN(C)CC2)c(OC)c2occc2c1OC.O. The highest BCUT2D eigenvalue weighted by molar-refractivity contribution is 6.03. The second kappa shape index (κ2) is 10.2. The fourth-order valence-corrected chi connectivity index (χ4v) is 3.29. The monoisotopic (exact) mass is 410 g/mol. The maximum absolute atomic E-state index is 12.0. The molecule has 1 fully saturated rings. The molecule has 0 saturated carbocycles. The van der Waals surface area contributed by atoms with Gasteiger partial charge in [-0.1, -0.05) is 0 Å². The molecule has 4 N–H and O–H groups in total. The number of hydrogen-bond donors (Lipinski definition) is 2. The van der Waals surface area contributed by atoms with Crippen LogP contribution in [0.3, 0.4) is 0 Å². The van der Waals surface area contributed by atoms with E-state index in [9.17, 15) is 4.79 Å². The van der Waals surface area contributed by atoms with Gasteiger partial charge in [0.1, 0.15) is 12.3 Å². The number of nitrogens with one attached hydrogen (secondary N) is 2. The molecule has 0 unspecified atom stereocenters. The molecule has 2 amide bonds. The first-order valence-electron chi connectivity index (χ1n) is 9.26. The predicted molar refractivity (Wildman–Crippen MR) is 110 cm³/mol. The lowest BCUT2D eigenvalue weighted by Crippen LogP contribution is -2.45. The molecule has 2 heterocycles. The average molecular weight is 410 g/mol. The van der Waals surface area contributed by atoms with E-state index >= 15 is 0 Å². The van der Waals surface area contributed by atoms with Crippen molar-refractivity contribution in [3.8, 4) is 17.2 Å². The summed E-state index contributed by atoms with van der Waals surface area (Å²) in [5.41, 5.74) is 0.919. The van der Waals surface area contributed by atoms with Crippen LogP contribution in [0.2, 0.25) is 0 Å². The van der Waals surface area contributed by atoms with Gasteiger partial charge in [-0.15, -0.1) is 0 Å². The normalized spacial score (nSPS) is 14.9. The Kier molecular flexibility index (Phi) is 7.94. The maximum atomic E-state index is 12.0. The first-order chi connectivity index (χ1) is 13.6. The highest BCUT2D eigenvalue weighted by Gasteiger charge is 2.26. The van der Waals surface area contributed by atoms with Gasteiger partial charge in [0.15, 0.2) is 17.1 Å². The summed E-state index contributed by atoms with van der Waals surface area (Å²) >= 11 is 0. The summed E-state index contributed by atoms with van der Waals surface area (Å²) < 4.78 is 22.8. The van der Waals surface area contributed by atoms with Crippen LogP contribution in [0.25, 0.3) is 11.0 Å². The number of urea groups is 1. The molecule has 10 nitrogen and oxygen atoms in total. The van der Waals surface area contributed by atoms with E-state index in [0.29, 0.717) is 40.5 Å². The van der Waals surface area contributed by atoms with Crippen molar-refractivity contribution in [1.29, 1.82) is 0 Å². The molecule has 29 heavy (non-hydrogen) atoms. The van der Waals surface area contributed by atoms with Crippen molar-refractivity contribution in [3.63, 3.8) is 0 Å². The molecule has 1 aliphatic heterocycles. The third-order valence-corrected chi connectivity index (χ3v) is 4.90. The van der Waals surface area contributed by atoms with E-state index in [2.05, 4.69) is 27.5 Å². The number of fused-ring (bicyclic) bond motifs is 1. The molecule has 162 valence electrons. The highest BCUT2D eigenvalue weighted by Crippen LogP contribution is 2.49. The summed E-state index contributed by atoms with van der Waals surface area (Å²) in [6.45, 7) is 5.30. The molecule has 0 radical (unpaired) electrons. The Morgan fingerprint density at radius 2 is 1.83 bits per heavy atom. The summed E-state index contributed by atoms with van der Waals surface area (Å²) in [6.07, 6.45) is 1.55. The van der Waals surface area contributed by atoms with Crippen LogP contribution in [0, 0.1) is 0 Å². The van der Waals surface area contributed by atoms with E-state index < -0.39 is 0 Å². The number of benzene rings is 1. The smallest absolute Gasteiger partial charge is 0.319 e. The van der Waals surface area contributed by atoms with Crippen LogP contribution in [0.5, 0.6) is 17.2 Å². The lowest BCUT2D eigenvalue weighted by atomic mass is 10.1. The zero-order valence-corrected chi connectivity index (χ0v) is 17.3. The third kappa shape index (κ3) is 4.84. The van der Waals surface area contributed by atoms with Crippen molar-refractivity contribution < 1.29 is 28.9 Å². The van der Waals surface area contributed by atoms with Gasteiger partial charge in [-0.05, 0) is 13.1 Å². The number of piperazine rings is 1. The van der Waals surface area contributed by atoms with Crippen molar-refractivity contribution in [2.75, 3.05) is 73.0 Å². The molecule has 1 saturated heterocycles. The molecule has 0 atom stereocenters. The number of anilines is 1. The van der Waals surface area contributed by atoms with Crippen molar-refractivity contribution in [2.45, 2.75) is 0 Å². The van der Waals surface area contributed by atoms with Crippen LogP contribution in [-0.2, 0) is 0 Å². The summed E-state index contributed by atoms with van der Waals surface area (Å²) in [6, 6.07) is 1.38. The molecule has 2 aromatic rings. The van der Waals surface area contributed by atoms with Crippen LogP contribution in [-0.4, -0.2) is 89.0 Å². The van der Waals surface area contributed by atoms with Gasteiger partial charge in [0.05, 0.1) is 25.9 Å². The highest BCUT2D eigenvalue weighted by atomic mass is 16.5. The predicted octanol–water partition coefficient (Wildman–Crippen LogP) is 1.00. The minimum absolute atomic E-state index is 0. The summed E-state index contributed by atoms with van der Waals surface area (Å²) in [4.78, 5) is 16.7. The standard InChI is InChI=1S/C19H28N4O5.H2O/c1-20-19(24)21-14-15(25-3)13-5-11-27-16(13)18(26-4)17(14)28-12-10-23-8-6-22(2)7-9-23;/h5,11H,6-10,12H2,1-4H3,(H2,20,21,24);1H2. The Balaban J connectivity index is 0.00000300. The van der Waals surface area contributed by atoms with E-state index in [4.69, 9.17) is 18.6 Å². The van der Waals surface area contributed by atoms with E-state index in [0.717, 1.165) is 32.7 Å². The largest absolute Gasteiger partial charge is 0.494 e. The number of likely N-dealkylation sites (N-methyl/N-ethyl adjacent to an activating group) is 1. The van der Waals surface area contributed by atoms with Crippen LogP contribution in [0.1, 0.15) is 0 Å². The number of rotatable bonds is 7. The molecular weight excluding hydrogens is 380 g/mol. The number of furan rings is 1. The number of hydrogen-bond acceptors (Lipinski definition) is 7. The van der Waals surface area contributed by atoms with Crippen molar-refractivity contribution >= 4 is 22.7 Å². The molecule has 1 aliphatic rings. The van der Waals surface area contributed by atoms with Crippen LogP contribution < -0.4 is 24.8 Å². The van der Waals surface area contributed by atoms with E-state index in [-0.39, 0.29) is 11.5 Å². The number of nitrogens with zero attached hydrogens (tertiary/aromatic N) is 2. The van der Waals surface area contributed by atoms with Crippen LogP contribution >= 0.6 is 0 Å². The van der Waals surface area contributed by atoms with Gasteiger partial charge >= 0.3 is 6.03 Å². The first-order valence-corrected chi connectivity index (χ1v) is 9.26. The number of carbonyl (C=O) groups excluding carboxylic acids is 1. The van der Waals surface area contributed by atoms with E-state index in [1.54, 1.807) is 26.5 Å². The third-order valence-electron chi connectivity index (χ3n) is 4.90. The van der Waals surface area contributed by atoms with Gasteiger partial charge in [0, 0.05) is 39.8 Å². The van der Waals surface area contributed by atoms with Gasteiger partial charge < -0.3 is 39.6 Å². The fraction of sp³-hybridized carbons (Fsp3) is 0.526. The Labute approximate surface area is 170 Å². The molecule has 1 aromatic heterocycles. The molecule has 0 aliphatic carbocycles. The zero-order chi connectivity index (χ0) is 20.1. The fourth-order valence-electron chi connectivity index (χ4n) is 3.29. The summed E-state index contributed by atoms with van der Waals surface area (Å²) in [5, 5.41) is 6.03. The molecule has 0 spiro atoms. The minimum Gasteiger partial charge on any atom is -0.494 e. The van der Waals surface area contributed by atoms with E-state index in [1.165, 1.54) is 7.11 Å². The Morgan fingerprint density at radius 1 is 1.14 bits per heavy atom. The van der Waals surface area contributed by atoms with Gasteiger partial charge in [-0.25, -0.2) is 4.79 Å². The number of amides is 2. The van der Waals surface area contributed by atoms with E-state index in [1.807, 2.05) is 0 Å². The molecule has 10 heteroatoms. The maximum Gasteiger partial charge on any atom is 0.319 e. The van der Waals surface area contributed by atoms with Crippen molar-refractivity contribution in [3.05, 3.63) is 12.3 Å². The summed E-state index contributed by atoms with van der Waals surface area (Å²) in [5.74, 6) is 1.27. The van der Waals surface area contributed by atoms with Crippen molar-refractivity contribution in [2.24, 2.45) is 0 Å². The van der Waals surface area contributed by atoms with Crippen LogP contribution in [0.4, 0.5) is 10.5 Å². The number of methoxy groups -OCH3 is 2. The van der Waals surface area contributed by atoms with Crippen LogP contribution in [0.15, 0.2) is 16.7 Å². The average Bonchev–Trinajstić information content (AvgIpc) is 3.18. The quantitative estimate of drug-likeness (QED) is 0.699. The van der Waals surface area contributed by atoms with Gasteiger partial charge in [-0.2, -0.15) is 0 Å². The number of carbonyl (C=O) groups is 1. The number of ether oxygens (including phenoxy) is 3. The zero-order valence-electron chi connectivity index (χ0n) is 17.3. The molecule has 3 rings (SSSR count). The molecule has 1 aromatic carbocycles. The lowest BCUT2D eigenvalue weighted by Gasteiger charge is -2.32. The lowest BCUT2D eigenvalue weighted by molar-refractivity contribution is 0.133. The van der Waals surface area contributed by atoms with Gasteiger partial charge in [-0.3, -0.25) is 4.90 Å². The second-order valence-electron chi connectivity index (χ2n) is 6.63. The Morgan fingerprint density at radius 3 is 2.45 bits per heavy atom. The summed E-state index contributed by atoms with van der Waals surface area (Å²) in [7, 11) is 6.75. The van der Waals surface area contributed by atoms with Gasteiger partial charge in [0.2, 0.25) is 5.75 Å².